The van der Waals surface area contributed by atoms with Crippen molar-refractivity contribution >= 4 is 33.9 Å². The summed E-state index contributed by atoms with van der Waals surface area (Å²) in [6, 6.07) is 10.4. The lowest BCUT2D eigenvalue weighted by Gasteiger charge is -2.16. The molecular formula is C15H20N4S2. The van der Waals surface area contributed by atoms with Gasteiger partial charge in [-0.1, -0.05) is 53.9 Å². The van der Waals surface area contributed by atoms with Crippen molar-refractivity contribution in [2.75, 3.05) is 38.7 Å². The molecule has 0 unspecified atom stereocenters. The average Bonchev–Trinajstić information content (AvgIpc) is 3.09. The highest BCUT2D eigenvalue weighted by molar-refractivity contribution is 8.14. The molecule has 3 rings (SSSR count). The van der Waals surface area contributed by atoms with Crippen molar-refractivity contribution in [2.24, 2.45) is 9.98 Å². The van der Waals surface area contributed by atoms with Gasteiger partial charge in [-0.3, -0.25) is 0 Å². The maximum absolute atomic E-state index is 4.90. The molecule has 0 atom stereocenters. The molecule has 0 radical (unpaired) electrons. The van der Waals surface area contributed by atoms with Crippen molar-refractivity contribution in [3.05, 3.63) is 35.9 Å². The fourth-order valence-corrected chi connectivity index (χ4v) is 4.31. The van der Waals surface area contributed by atoms with Gasteiger partial charge in [0.25, 0.3) is 0 Å². The summed E-state index contributed by atoms with van der Waals surface area (Å²) in [7, 11) is 4.20. The van der Waals surface area contributed by atoms with E-state index in [1.807, 2.05) is 29.6 Å². The highest BCUT2D eigenvalue weighted by Gasteiger charge is 2.21. The Labute approximate surface area is 134 Å². The number of rotatable bonds is 3. The van der Waals surface area contributed by atoms with Crippen LogP contribution in [-0.4, -0.2) is 58.8 Å². The second-order valence-electron chi connectivity index (χ2n) is 5.15. The average molecular weight is 320 g/mol. The molecule has 21 heavy (non-hydrogen) atoms. The SMILES string of the molecule is CN1CCS/C1=N\C(/N=C1\SCCN1C)c1ccccc1. The Morgan fingerprint density at radius 2 is 1.43 bits per heavy atom. The van der Waals surface area contributed by atoms with E-state index < -0.39 is 0 Å². The van der Waals surface area contributed by atoms with Crippen molar-refractivity contribution in [3.63, 3.8) is 0 Å². The minimum absolute atomic E-state index is 0.141. The summed E-state index contributed by atoms with van der Waals surface area (Å²) < 4.78 is 0. The number of thioether (sulfide) groups is 2. The maximum atomic E-state index is 4.90. The molecular weight excluding hydrogens is 300 g/mol. The molecule has 0 spiro atoms. The Morgan fingerprint density at radius 1 is 0.905 bits per heavy atom. The normalized spacial score (nSPS) is 23.0. The number of amidine groups is 2. The highest BCUT2D eigenvalue weighted by atomic mass is 32.2. The van der Waals surface area contributed by atoms with Crippen molar-refractivity contribution in [2.45, 2.75) is 6.17 Å². The minimum Gasteiger partial charge on any atom is -0.354 e. The Kier molecular flexibility index (Phi) is 4.75. The van der Waals surface area contributed by atoms with Gasteiger partial charge in [0.2, 0.25) is 0 Å². The molecule has 1 aromatic rings. The number of hydrogen-bond acceptors (Lipinski definition) is 4. The fourth-order valence-electron chi connectivity index (χ4n) is 2.24. The lowest BCUT2D eigenvalue weighted by molar-refractivity contribution is 0.546. The van der Waals surface area contributed by atoms with E-state index in [1.165, 1.54) is 0 Å². The smallest absolute Gasteiger partial charge is 0.170 e. The lowest BCUT2D eigenvalue weighted by Crippen LogP contribution is -2.21. The fraction of sp³-hybridized carbons (Fsp3) is 0.467. The molecule has 2 heterocycles. The van der Waals surface area contributed by atoms with Crippen LogP contribution in [0.1, 0.15) is 11.7 Å². The Hall–Kier alpha value is -1.14. The van der Waals surface area contributed by atoms with Gasteiger partial charge in [0.15, 0.2) is 16.5 Å². The van der Waals surface area contributed by atoms with Gasteiger partial charge in [-0.2, -0.15) is 0 Å². The minimum atomic E-state index is -0.141. The van der Waals surface area contributed by atoms with Gasteiger partial charge in [-0.25, -0.2) is 9.98 Å². The van der Waals surface area contributed by atoms with E-state index in [4.69, 9.17) is 9.98 Å². The molecule has 0 bridgehead atoms. The number of nitrogens with zero attached hydrogens (tertiary/aromatic N) is 4. The van der Waals surface area contributed by atoms with Gasteiger partial charge in [-0.15, -0.1) is 0 Å². The van der Waals surface area contributed by atoms with Crippen LogP contribution in [0.15, 0.2) is 40.3 Å². The molecule has 2 aliphatic rings. The first-order chi connectivity index (χ1) is 10.2. The van der Waals surface area contributed by atoms with Crippen molar-refractivity contribution < 1.29 is 0 Å². The van der Waals surface area contributed by atoms with E-state index >= 15 is 0 Å². The number of aliphatic imine (C=N–C) groups is 2. The molecule has 4 nitrogen and oxygen atoms in total. The first-order valence-electron chi connectivity index (χ1n) is 7.12. The molecule has 112 valence electrons. The Bertz CT molecular complexity index is 514. The third-order valence-electron chi connectivity index (χ3n) is 3.53. The summed E-state index contributed by atoms with van der Waals surface area (Å²) >= 11 is 3.64. The molecule has 2 saturated heterocycles. The summed E-state index contributed by atoms with van der Waals surface area (Å²) in [6.45, 7) is 2.13. The van der Waals surface area contributed by atoms with Gasteiger partial charge in [-0.05, 0) is 5.56 Å². The predicted molar refractivity (Wildman–Crippen MR) is 94.2 cm³/mol. The zero-order valence-electron chi connectivity index (χ0n) is 12.4. The third-order valence-corrected chi connectivity index (χ3v) is 5.66. The van der Waals surface area contributed by atoms with Gasteiger partial charge in [0.1, 0.15) is 0 Å². The van der Waals surface area contributed by atoms with Gasteiger partial charge < -0.3 is 9.80 Å². The summed E-state index contributed by atoms with van der Waals surface area (Å²) in [5, 5.41) is 2.19. The first kappa shape index (κ1) is 14.8. The maximum Gasteiger partial charge on any atom is 0.170 e. The molecule has 0 N–H and O–H groups in total. The van der Waals surface area contributed by atoms with Gasteiger partial charge in [0.05, 0.1) is 0 Å². The summed E-state index contributed by atoms with van der Waals surface area (Å²) in [5.74, 6) is 2.23. The summed E-state index contributed by atoms with van der Waals surface area (Å²) in [4.78, 5) is 14.2. The van der Waals surface area contributed by atoms with Crippen LogP contribution in [0.2, 0.25) is 0 Å². The summed E-state index contributed by atoms with van der Waals surface area (Å²) in [5.41, 5.74) is 1.15. The van der Waals surface area contributed by atoms with Crippen LogP contribution in [0.25, 0.3) is 0 Å². The van der Waals surface area contributed by atoms with Crippen molar-refractivity contribution in [1.82, 2.24) is 9.80 Å². The molecule has 0 aromatic heterocycles. The molecule has 2 fully saturated rings. The molecule has 1 aromatic carbocycles. The second-order valence-corrected chi connectivity index (χ2v) is 7.27. The van der Waals surface area contributed by atoms with Crippen LogP contribution in [0, 0.1) is 0 Å². The predicted octanol–water partition coefficient (Wildman–Crippen LogP) is 2.75. The zero-order chi connectivity index (χ0) is 14.7. The number of hydrogen-bond donors (Lipinski definition) is 0. The van der Waals surface area contributed by atoms with Gasteiger partial charge in [0, 0.05) is 38.7 Å². The van der Waals surface area contributed by atoms with Crippen molar-refractivity contribution in [1.29, 1.82) is 0 Å². The van der Waals surface area contributed by atoms with Crippen LogP contribution in [0.3, 0.4) is 0 Å². The van der Waals surface area contributed by atoms with Crippen LogP contribution in [0.4, 0.5) is 0 Å². The molecule has 0 amide bonds. The second kappa shape index (κ2) is 6.75. The Morgan fingerprint density at radius 3 is 1.86 bits per heavy atom. The Balaban J connectivity index is 1.92. The number of benzene rings is 1. The van der Waals surface area contributed by atoms with Crippen LogP contribution < -0.4 is 0 Å². The van der Waals surface area contributed by atoms with E-state index in [0.717, 1.165) is 40.5 Å². The molecule has 0 aliphatic carbocycles. The lowest BCUT2D eigenvalue weighted by atomic mass is 10.2. The highest BCUT2D eigenvalue weighted by Crippen LogP contribution is 2.27. The third kappa shape index (κ3) is 3.55. The first-order valence-corrected chi connectivity index (χ1v) is 9.09. The van der Waals surface area contributed by atoms with Crippen LogP contribution in [0.5, 0.6) is 0 Å². The topological polar surface area (TPSA) is 31.2 Å². The quantitative estimate of drug-likeness (QED) is 0.857. The van der Waals surface area contributed by atoms with E-state index in [0.29, 0.717) is 0 Å². The molecule has 0 saturated carbocycles. The summed E-state index contributed by atoms with van der Waals surface area (Å²) in [6.07, 6.45) is -0.141. The van der Waals surface area contributed by atoms with E-state index in [9.17, 15) is 0 Å². The molecule has 6 heteroatoms. The standard InChI is InChI=1S/C15H20N4S2/c1-18-8-10-20-14(18)16-13(12-6-4-3-5-7-12)17-15-19(2)9-11-21-15/h3-7,13H,8-11H2,1-2H3/b16-14-,17-15-. The van der Waals surface area contributed by atoms with Gasteiger partial charge >= 0.3 is 0 Å². The van der Waals surface area contributed by atoms with E-state index in [1.54, 1.807) is 0 Å². The largest absolute Gasteiger partial charge is 0.354 e. The van der Waals surface area contributed by atoms with Crippen molar-refractivity contribution in [3.8, 4) is 0 Å². The zero-order valence-corrected chi connectivity index (χ0v) is 14.0. The van der Waals surface area contributed by atoms with Crippen LogP contribution in [-0.2, 0) is 0 Å². The van der Waals surface area contributed by atoms with E-state index in [-0.39, 0.29) is 6.17 Å². The monoisotopic (exact) mass is 320 g/mol. The molecule has 2 aliphatic heterocycles. The van der Waals surface area contributed by atoms with E-state index in [2.05, 4.69) is 48.2 Å². The van der Waals surface area contributed by atoms with Crippen LogP contribution >= 0.6 is 23.5 Å².